The minimum absolute atomic E-state index is 0.777. The normalized spacial score (nSPS) is 10.8. The van der Waals surface area contributed by atoms with Crippen LogP contribution < -0.4 is 5.73 Å². The lowest BCUT2D eigenvalue weighted by atomic mass is 10.1. The Morgan fingerprint density at radius 2 is 1.95 bits per heavy atom. The van der Waals surface area contributed by atoms with E-state index in [2.05, 4.69) is 10.2 Å². The number of hydrogen-bond donors (Lipinski definition) is 1. The van der Waals surface area contributed by atoms with Crippen LogP contribution in [0.25, 0.3) is 11.1 Å². The summed E-state index contributed by atoms with van der Waals surface area (Å²) >= 11 is 0. The molecule has 0 fully saturated rings. The van der Waals surface area contributed by atoms with Crippen molar-refractivity contribution < 1.29 is 0 Å². The molecule has 5 heteroatoms. The molecule has 20 heavy (non-hydrogen) atoms. The Labute approximate surface area is 117 Å². The zero-order valence-corrected chi connectivity index (χ0v) is 11.4. The molecule has 2 heterocycles. The SMILES string of the molecule is Cn1cc(CCn2cc(-c3ccccc3N)cn2)cn1. The summed E-state index contributed by atoms with van der Waals surface area (Å²) < 4.78 is 3.75. The molecule has 102 valence electrons. The predicted octanol–water partition coefficient (Wildman–Crippen LogP) is 2.11. The molecule has 0 bridgehead atoms. The van der Waals surface area contributed by atoms with Crippen LogP contribution in [0.1, 0.15) is 5.56 Å². The molecule has 0 radical (unpaired) electrons. The first-order valence-corrected chi connectivity index (χ1v) is 6.57. The molecule has 3 rings (SSSR count). The highest BCUT2D eigenvalue weighted by molar-refractivity contribution is 5.75. The summed E-state index contributed by atoms with van der Waals surface area (Å²) in [6.45, 7) is 0.832. The van der Waals surface area contributed by atoms with Gasteiger partial charge in [0.2, 0.25) is 0 Å². The number of rotatable bonds is 4. The van der Waals surface area contributed by atoms with Crippen LogP contribution in [0.4, 0.5) is 5.69 Å². The Morgan fingerprint density at radius 1 is 1.10 bits per heavy atom. The first-order valence-electron chi connectivity index (χ1n) is 6.57. The molecule has 3 aromatic rings. The molecule has 0 aliphatic rings. The lowest BCUT2D eigenvalue weighted by Crippen LogP contribution is -2.00. The van der Waals surface area contributed by atoms with Gasteiger partial charge in [-0.05, 0) is 18.1 Å². The molecule has 0 unspecified atom stereocenters. The summed E-state index contributed by atoms with van der Waals surface area (Å²) in [6.07, 6.45) is 8.72. The Hall–Kier alpha value is -2.56. The van der Waals surface area contributed by atoms with Crippen molar-refractivity contribution in [2.24, 2.45) is 7.05 Å². The molecule has 1 aromatic carbocycles. The Bertz CT molecular complexity index is 710. The summed E-state index contributed by atoms with van der Waals surface area (Å²) in [5.74, 6) is 0. The second-order valence-electron chi connectivity index (χ2n) is 4.85. The minimum Gasteiger partial charge on any atom is -0.398 e. The molecule has 0 saturated carbocycles. The molecule has 0 spiro atoms. The number of nitrogens with two attached hydrogens (primary N) is 1. The topological polar surface area (TPSA) is 61.7 Å². The fourth-order valence-corrected chi connectivity index (χ4v) is 2.23. The van der Waals surface area contributed by atoms with Gasteiger partial charge in [0.05, 0.1) is 12.4 Å². The standard InChI is InChI=1S/C15H17N5/c1-19-10-12(8-17-19)6-7-20-11-13(9-18-20)14-4-2-3-5-15(14)16/h2-5,8-11H,6-7,16H2,1H3. The van der Waals surface area contributed by atoms with Gasteiger partial charge in [-0.25, -0.2) is 0 Å². The maximum Gasteiger partial charge on any atom is 0.0569 e. The van der Waals surface area contributed by atoms with Crippen LogP contribution in [0.2, 0.25) is 0 Å². The fraction of sp³-hybridized carbons (Fsp3) is 0.200. The number of nitrogen functional groups attached to an aromatic ring is 1. The smallest absolute Gasteiger partial charge is 0.0569 e. The number of nitrogens with zero attached hydrogens (tertiary/aromatic N) is 4. The van der Waals surface area contributed by atoms with Gasteiger partial charge in [0, 0.05) is 42.8 Å². The van der Waals surface area contributed by atoms with E-state index in [-0.39, 0.29) is 0 Å². The number of hydrogen-bond acceptors (Lipinski definition) is 3. The largest absolute Gasteiger partial charge is 0.398 e. The van der Waals surface area contributed by atoms with Crippen LogP contribution in [0.5, 0.6) is 0 Å². The molecule has 0 aliphatic carbocycles. The zero-order chi connectivity index (χ0) is 13.9. The molecule has 2 N–H and O–H groups in total. The maximum absolute atomic E-state index is 5.98. The van der Waals surface area contributed by atoms with E-state index < -0.39 is 0 Å². The molecule has 5 nitrogen and oxygen atoms in total. The molecular weight excluding hydrogens is 250 g/mol. The van der Waals surface area contributed by atoms with Crippen molar-refractivity contribution in [2.45, 2.75) is 13.0 Å². The van der Waals surface area contributed by atoms with Gasteiger partial charge in [-0.3, -0.25) is 9.36 Å². The second kappa shape index (κ2) is 5.21. The Kier molecular flexibility index (Phi) is 3.25. The highest BCUT2D eigenvalue weighted by Gasteiger charge is 2.05. The number of benzene rings is 1. The van der Waals surface area contributed by atoms with Crippen LogP contribution in [-0.4, -0.2) is 19.6 Å². The van der Waals surface area contributed by atoms with Gasteiger partial charge in [0.1, 0.15) is 0 Å². The minimum atomic E-state index is 0.777. The van der Waals surface area contributed by atoms with E-state index >= 15 is 0 Å². The summed E-state index contributed by atoms with van der Waals surface area (Å²) in [4.78, 5) is 0. The lowest BCUT2D eigenvalue weighted by Gasteiger charge is -2.01. The van der Waals surface area contributed by atoms with E-state index in [1.165, 1.54) is 5.56 Å². The molecule has 0 aliphatic heterocycles. The molecular formula is C15H17N5. The number of aromatic nitrogens is 4. The molecule has 0 amide bonds. The summed E-state index contributed by atoms with van der Waals surface area (Å²) in [5.41, 5.74) is 10.0. The van der Waals surface area contributed by atoms with Crippen LogP contribution in [0.15, 0.2) is 49.1 Å². The van der Waals surface area contributed by atoms with Crippen molar-refractivity contribution >= 4 is 5.69 Å². The van der Waals surface area contributed by atoms with Crippen molar-refractivity contribution in [3.8, 4) is 11.1 Å². The second-order valence-corrected chi connectivity index (χ2v) is 4.85. The van der Waals surface area contributed by atoms with Crippen molar-refractivity contribution in [1.82, 2.24) is 19.6 Å². The molecule has 0 saturated heterocycles. The van der Waals surface area contributed by atoms with Gasteiger partial charge in [-0.15, -0.1) is 0 Å². The first-order chi connectivity index (χ1) is 9.72. The highest BCUT2D eigenvalue weighted by atomic mass is 15.3. The van der Waals surface area contributed by atoms with Gasteiger partial charge >= 0.3 is 0 Å². The quantitative estimate of drug-likeness (QED) is 0.736. The average Bonchev–Trinajstić information content (AvgIpc) is 3.06. The van der Waals surface area contributed by atoms with E-state index in [1.807, 2.05) is 65.5 Å². The van der Waals surface area contributed by atoms with E-state index in [1.54, 1.807) is 0 Å². The van der Waals surface area contributed by atoms with Crippen molar-refractivity contribution in [1.29, 1.82) is 0 Å². The van der Waals surface area contributed by atoms with E-state index in [0.717, 1.165) is 29.8 Å². The van der Waals surface area contributed by atoms with Crippen LogP contribution in [0.3, 0.4) is 0 Å². The third kappa shape index (κ3) is 2.56. The summed E-state index contributed by atoms with van der Waals surface area (Å²) in [5, 5.41) is 8.55. The van der Waals surface area contributed by atoms with E-state index in [4.69, 9.17) is 5.73 Å². The van der Waals surface area contributed by atoms with Crippen LogP contribution in [0, 0.1) is 0 Å². The summed E-state index contributed by atoms with van der Waals surface area (Å²) in [6, 6.07) is 7.84. The van der Waals surface area contributed by atoms with Gasteiger partial charge in [-0.1, -0.05) is 18.2 Å². The number of anilines is 1. The monoisotopic (exact) mass is 267 g/mol. The maximum atomic E-state index is 5.98. The van der Waals surface area contributed by atoms with Crippen molar-refractivity contribution in [3.63, 3.8) is 0 Å². The number of aryl methyl sites for hydroxylation is 3. The highest BCUT2D eigenvalue weighted by Crippen LogP contribution is 2.24. The van der Waals surface area contributed by atoms with Crippen LogP contribution >= 0.6 is 0 Å². The Balaban J connectivity index is 1.72. The van der Waals surface area contributed by atoms with Gasteiger partial charge in [0.25, 0.3) is 0 Å². The van der Waals surface area contributed by atoms with Gasteiger partial charge in [0.15, 0.2) is 0 Å². The third-order valence-electron chi connectivity index (χ3n) is 3.29. The van der Waals surface area contributed by atoms with E-state index in [0.29, 0.717) is 0 Å². The predicted molar refractivity (Wildman–Crippen MR) is 79.0 cm³/mol. The zero-order valence-electron chi connectivity index (χ0n) is 11.4. The lowest BCUT2D eigenvalue weighted by molar-refractivity contribution is 0.614. The van der Waals surface area contributed by atoms with Gasteiger partial charge < -0.3 is 5.73 Å². The van der Waals surface area contributed by atoms with Crippen molar-refractivity contribution in [2.75, 3.05) is 5.73 Å². The molecule has 2 aromatic heterocycles. The number of para-hydroxylation sites is 1. The van der Waals surface area contributed by atoms with Gasteiger partial charge in [-0.2, -0.15) is 10.2 Å². The van der Waals surface area contributed by atoms with Crippen molar-refractivity contribution in [3.05, 3.63) is 54.6 Å². The fourth-order valence-electron chi connectivity index (χ4n) is 2.23. The third-order valence-corrected chi connectivity index (χ3v) is 3.29. The Morgan fingerprint density at radius 3 is 2.70 bits per heavy atom. The van der Waals surface area contributed by atoms with Crippen LogP contribution in [-0.2, 0) is 20.0 Å². The average molecular weight is 267 g/mol. The van der Waals surface area contributed by atoms with E-state index in [9.17, 15) is 0 Å². The molecule has 0 atom stereocenters. The first kappa shape index (κ1) is 12.5. The summed E-state index contributed by atoms with van der Waals surface area (Å²) in [7, 11) is 1.92.